The van der Waals surface area contributed by atoms with Crippen molar-refractivity contribution in [2.75, 3.05) is 31.5 Å². The van der Waals surface area contributed by atoms with E-state index < -0.39 is 0 Å². The molecule has 6 nitrogen and oxygen atoms in total. The smallest absolute Gasteiger partial charge is 0.264 e. The fourth-order valence-electron chi connectivity index (χ4n) is 3.41. The molecule has 0 bridgehead atoms. The molecule has 152 valence electrons. The van der Waals surface area contributed by atoms with Crippen molar-refractivity contribution < 1.29 is 4.79 Å². The lowest BCUT2D eigenvalue weighted by molar-refractivity contribution is -0.115. The molecule has 0 saturated carbocycles. The number of amidine groups is 1. The number of benzene rings is 1. The SMILES string of the molecule is Cc1ccc(/N=C2/NC(=O)/C(=C/c3cnc(NCCN4CCCC4)s3)S2)c(C)c1. The second-order valence-electron chi connectivity index (χ2n) is 7.31. The van der Waals surface area contributed by atoms with Crippen molar-refractivity contribution in [1.29, 1.82) is 0 Å². The third-order valence-corrected chi connectivity index (χ3v) is 6.74. The van der Waals surface area contributed by atoms with Gasteiger partial charge in [-0.2, -0.15) is 0 Å². The molecule has 3 heterocycles. The fourth-order valence-corrected chi connectivity index (χ4v) is 5.10. The topological polar surface area (TPSA) is 69.6 Å². The number of thiazole rings is 1. The number of thioether (sulfide) groups is 1. The molecule has 2 saturated heterocycles. The molecular weight excluding hydrogens is 402 g/mol. The van der Waals surface area contributed by atoms with E-state index in [2.05, 4.69) is 38.5 Å². The molecule has 2 aliphatic rings. The number of rotatable bonds is 6. The van der Waals surface area contributed by atoms with E-state index in [4.69, 9.17) is 0 Å². The minimum absolute atomic E-state index is 0.115. The van der Waals surface area contributed by atoms with Crippen LogP contribution >= 0.6 is 23.1 Å². The standard InChI is InChI=1S/C21H25N5OS2/c1-14-5-6-17(15(2)11-14)24-21-25-19(27)18(29-21)12-16-13-23-20(28-16)22-7-10-26-8-3-4-9-26/h5-6,11-13H,3-4,7-10H2,1-2H3,(H,22,23)(H,24,25,27)/b18-12-. The summed E-state index contributed by atoms with van der Waals surface area (Å²) in [6.45, 7) is 8.43. The third kappa shape index (κ3) is 5.26. The maximum absolute atomic E-state index is 12.3. The summed E-state index contributed by atoms with van der Waals surface area (Å²) in [7, 11) is 0. The number of likely N-dealkylation sites (tertiary alicyclic amines) is 1. The van der Waals surface area contributed by atoms with Crippen molar-refractivity contribution in [1.82, 2.24) is 15.2 Å². The van der Waals surface area contributed by atoms with Gasteiger partial charge in [0.2, 0.25) is 0 Å². The minimum atomic E-state index is -0.115. The first-order valence-corrected chi connectivity index (χ1v) is 11.5. The van der Waals surface area contributed by atoms with Gasteiger partial charge >= 0.3 is 0 Å². The van der Waals surface area contributed by atoms with Gasteiger partial charge in [0.25, 0.3) is 5.91 Å². The zero-order valence-electron chi connectivity index (χ0n) is 16.7. The van der Waals surface area contributed by atoms with E-state index in [1.165, 1.54) is 43.3 Å². The Bertz CT molecular complexity index is 960. The quantitative estimate of drug-likeness (QED) is 0.678. The summed E-state index contributed by atoms with van der Waals surface area (Å²) in [5, 5.41) is 7.75. The van der Waals surface area contributed by atoms with Gasteiger partial charge in [-0.25, -0.2) is 9.98 Å². The van der Waals surface area contributed by atoms with E-state index in [1.807, 2.05) is 31.3 Å². The molecule has 2 aromatic rings. The summed E-state index contributed by atoms with van der Waals surface area (Å²) in [4.78, 5) is 25.4. The van der Waals surface area contributed by atoms with Gasteiger partial charge in [-0.05, 0) is 69.2 Å². The van der Waals surface area contributed by atoms with Gasteiger partial charge < -0.3 is 15.5 Å². The van der Waals surface area contributed by atoms with E-state index in [0.29, 0.717) is 10.1 Å². The maximum atomic E-state index is 12.3. The molecule has 4 rings (SSSR count). The van der Waals surface area contributed by atoms with Gasteiger partial charge in [-0.3, -0.25) is 4.79 Å². The number of hydrogen-bond donors (Lipinski definition) is 2. The number of carbonyl (C=O) groups excluding carboxylic acids is 1. The molecule has 8 heteroatoms. The number of aryl methyl sites for hydroxylation is 2. The Hall–Kier alpha value is -2.16. The van der Waals surface area contributed by atoms with Crippen LogP contribution in [-0.2, 0) is 4.79 Å². The number of hydrogen-bond acceptors (Lipinski definition) is 7. The average Bonchev–Trinajstić information content (AvgIpc) is 3.41. The lowest BCUT2D eigenvalue weighted by atomic mass is 10.1. The van der Waals surface area contributed by atoms with Gasteiger partial charge in [0.1, 0.15) is 0 Å². The van der Waals surface area contributed by atoms with Crippen LogP contribution in [0.15, 0.2) is 34.3 Å². The highest BCUT2D eigenvalue weighted by atomic mass is 32.2. The molecule has 2 N–H and O–H groups in total. The second-order valence-corrected chi connectivity index (χ2v) is 9.41. The highest BCUT2D eigenvalue weighted by Gasteiger charge is 2.24. The Morgan fingerprint density at radius 2 is 2.14 bits per heavy atom. The molecule has 1 amide bonds. The first kappa shape index (κ1) is 20.1. The Labute approximate surface area is 179 Å². The maximum Gasteiger partial charge on any atom is 0.264 e. The molecular formula is C21H25N5OS2. The zero-order valence-corrected chi connectivity index (χ0v) is 18.3. The van der Waals surface area contributed by atoms with Crippen LogP contribution < -0.4 is 10.6 Å². The van der Waals surface area contributed by atoms with Crippen LogP contribution in [0.4, 0.5) is 10.8 Å². The predicted octanol–water partition coefficient (Wildman–Crippen LogP) is 4.16. The third-order valence-electron chi connectivity index (χ3n) is 4.93. The van der Waals surface area contributed by atoms with Crippen LogP contribution in [0.25, 0.3) is 6.08 Å². The van der Waals surface area contributed by atoms with Crippen LogP contribution in [0, 0.1) is 13.8 Å². The molecule has 1 aromatic carbocycles. The highest BCUT2D eigenvalue weighted by molar-refractivity contribution is 8.18. The lowest BCUT2D eigenvalue weighted by Gasteiger charge is -2.13. The van der Waals surface area contributed by atoms with Crippen molar-refractivity contribution in [2.24, 2.45) is 4.99 Å². The van der Waals surface area contributed by atoms with Gasteiger partial charge in [-0.1, -0.05) is 29.0 Å². The Morgan fingerprint density at radius 3 is 2.93 bits per heavy atom. The number of carbonyl (C=O) groups is 1. The summed E-state index contributed by atoms with van der Waals surface area (Å²) in [5.41, 5.74) is 3.17. The number of aromatic nitrogens is 1. The first-order chi connectivity index (χ1) is 14.1. The molecule has 29 heavy (non-hydrogen) atoms. The Morgan fingerprint density at radius 1 is 1.31 bits per heavy atom. The van der Waals surface area contributed by atoms with E-state index in [1.54, 1.807) is 11.3 Å². The summed E-state index contributed by atoms with van der Waals surface area (Å²) >= 11 is 2.93. The van der Waals surface area contributed by atoms with Crippen LogP contribution in [0.1, 0.15) is 28.8 Å². The van der Waals surface area contributed by atoms with Crippen molar-refractivity contribution >= 4 is 51.1 Å². The number of aliphatic imine (C=N–C) groups is 1. The van der Waals surface area contributed by atoms with Gasteiger partial charge in [0.05, 0.1) is 15.5 Å². The molecule has 1 aromatic heterocycles. The number of nitrogens with one attached hydrogen (secondary N) is 2. The zero-order chi connectivity index (χ0) is 20.2. The van der Waals surface area contributed by atoms with Crippen LogP contribution in [0.3, 0.4) is 0 Å². The Balaban J connectivity index is 1.37. The lowest BCUT2D eigenvalue weighted by Crippen LogP contribution is -2.25. The summed E-state index contributed by atoms with van der Waals surface area (Å²) < 4.78 is 0. The molecule has 0 spiro atoms. The molecule has 0 aliphatic carbocycles. The largest absolute Gasteiger partial charge is 0.360 e. The number of nitrogens with zero attached hydrogens (tertiary/aromatic N) is 3. The van der Waals surface area contributed by atoms with Crippen molar-refractivity contribution in [2.45, 2.75) is 26.7 Å². The van der Waals surface area contributed by atoms with E-state index in [-0.39, 0.29) is 5.91 Å². The normalized spacial score (nSPS) is 20.0. The summed E-state index contributed by atoms with van der Waals surface area (Å²) in [6, 6.07) is 6.10. The number of anilines is 1. The Kier molecular flexibility index (Phi) is 6.32. The summed E-state index contributed by atoms with van der Waals surface area (Å²) in [5.74, 6) is -0.115. The van der Waals surface area contributed by atoms with Crippen LogP contribution in [0.2, 0.25) is 0 Å². The molecule has 0 radical (unpaired) electrons. The van der Waals surface area contributed by atoms with Gasteiger partial charge in [0.15, 0.2) is 10.3 Å². The fraction of sp³-hybridized carbons (Fsp3) is 0.381. The van der Waals surface area contributed by atoms with E-state index in [0.717, 1.165) is 34.3 Å². The molecule has 0 unspecified atom stereocenters. The predicted molar refractivity (Wildman–Crippen MR) is 123 cm³/mol. The van der Waals surface area contributed by atoms with Crippen LogP contribution in [0.5, 0.6) is 0 Å². The first-order valence-electron chi connectivity index (χ1n) is 9.86. The van der Waals surface area contributed by atoms with Crippen molar-refractivity contribution in [3.63, 3.8) is 0 Å². The molecule has 0 atom stereocenters. The van der Waals surface area contributed by atoms with E-state index in [9.17, 15) is 4.79 Å². The number of amides is 1. The van der Waals surface area contributed by atoms with E-state index >= 15 is 0 Å². The summed E-state index contributed by atoms with van der Waals surface area (Å²) in [6.07, 6.45) is 6.31. The van der Waals surface area contributed by atoms with Crippen LogP contribution in [-0.4, -0.2) is 47.1 Å². The monoisotopic (exact) mass is 427 g/mol. The minimum Gasteiger partial charge on any atom is -0.360 e. The van der Waals surface area contributed by atoms with Crippen molar-refractivity contribution in [3.8, 4) is 0 Å². The highest BCUT2D eigenvalue weighted by Crippen LogP contribution is 2.31. The van der Waals surface area contributed by atoms with Gasteiger partial charge in [0, 0.05) is 19.3 Å². The molecule has 2 aliphatic heterocycles. The second kappa shape index (κ2) is 9.11. The van der Waals surface area contributed by atoms with Crippen molar-refractivity contribution in [3.05, 3.63) is 45.3 Å². The van der Waals surface area contributed by atoms with Gasteiger partial charge in [-0.15, -0.1) is 0 Å². The average molecular weight is 428 g/mol. The molecule has 2 fully saturated rings.